The third-order valence-electron chi connectivity index (χ3n) is 3.59. The predicted octanol–water partition coefficient (Wildman–Crippen LogP) is 4.46. The van der Waals surface area contributed by atoms with Crippen molar-refractivity contribution in [3.63, 3.8) is 0 Å². The van der Waals surface area contributed by atoms with Crippen LogP contribution in [0, 0.1) is 0 Å². The number of ether oxygens (including phenoxy) is 2. The fourth-order valence-electron chi connectivity index (χ4n) is 2.10. The number of hydrogen-bond acceptors (Lipinski definition) is 4. The highest BCUT2D eigenvalue weighted by atomic mass is 19.1. The number of halogens is 1. The molecular weight excluding hydrogens is 335 g/mol. The van der Waals surface area contributed by atoms with Crippen molar-refractivity contribution in [3.05, 3.63) is 84.5 Å². The van der Waals surface area contributed by atoms with E-state index < -0.39 is 11.8 Å². The number of carbonyl (C=O) groups is 2. The van der Waals surface area contributed by atoms with E-state index >= 15 is 0 Å². The van der Waals surface area contributed by atoms with Crippen molar-refractivity contribution in [2.24, 2.45) is 0 Å². The Morgan fingerprint density at radius 2 is 1.92 bits per heavy atom. The number of Topliss-reactive ketones (excluding diaryl/α,β-unsaturated/α-hetero) is 1. The zero-order valence-corrected chi connectivity index (χ0v) is 14.5. The first-order valence-corrected chi connectivity index (χ1v) is 7.93. The second-order valence-electron chi connectivity index (χ2n) is 5.61. The predicted molar refractivity (Wildman–Crippen MR) is 97.9 cm³/mol. The maximum atomic E-state index is 14.2. The fourth-order valence-corrected chi connectivity index (χ4v) is 2.10. The number of rotatable bonds is 7. The molecule has 0 saturated heterocycles. The molecule has 1 aliphatic carbocycles. The van der Waals surface area contributed by atoms with E-state index in [1.807, 2.05) is 0 Å². The zero-order chi connectivity index (χ0) is 19.1. The van der Waals surface area contributed by atoms with Crippen molar-refractivity contribution in [2.45, 2.75) is 13.3 Å². The molecule has 2 rings (SSSR count). The average Bonchev–Trinajstić information content (AvgIpc) is 2.82. The molecule has 1 aromatic rings. The molecule has 4 nitrogen and oxygen atoms in total. The second kappa shape index (κ2) is 8.76. The summed E-state index contributed by atoms with van der Waals surface area (Å²) in [7, 11) is 0. The fraction of sp³-hybridized carbons (Fsp3) is 0.143. The van der Waals surface area contributed by atoms with Crippen LogP contribution in [0.4, 0.5) is 4.39 Å². The molecule has 0 heterocycles. The van der Waals surface area contributed by atoms with Crippen LogP contribution in [0.2, 0.25) is 0 Å². The van der Waals surface area contributed by atoms with Crippen molar-refractivity contribution in [3.8, 4) is 5.75 Å². The quantitative estimate of drug-likeness (QED) is 0.412. The number of carbonyl (C=O) groups excluding carboxylic acids is 2. The van der Waals surface area contributed by atoms with Crippen LogP contribution >= 0.6 is 0 Å². The summed E-state index contributed by atoms with van der Waals surface area (Å²) in [6, 6.07) is 6.80. The van der Waals surface area contributed by atoms with Crippen molar-refractivity contribution in [1.29, 1.82) is 0 Å². The molecule has 0 spiro atoms. The van der Waals surface area contributed by atoms with Gasteiger partial charge in [0.1, 0.15) is 11.6 Å². The summed E-state index contributed by atoms with van der Waals surface area (Å²) >= 11 is 0. The minimum Gasteiger partial charge on any atom is -0.483 e. The van der Waals surface area contributed by atoms with Crippen LogP contribution in [0.3, 0.4) is 0 Å². The van der Waals surface area contributed by atoms with E-state index in [-0.39, 0.29) is 24.6 Å². The Labute approximate surface area is 151 Å². The number of benzene rings is 1. The van der Waals surface area contributed by atoms with Crippen molar-refractivity contribution >= 4 is 17.3 Å². The van der Waals surface area contributed by atoms with Crippen LogP contribution in [0.1, 0.15) is 18.9 Å². The Balaban J connectivity index is 2.08. The maximum Gasteiger partial charge on any atom is 0.335 e. The van der Waals surface area contributed by atoms with E-state index in [2.05, 4.69) is 13.2 Å². The van der Waals surface area contributed by atoms with Crippen LogP contribution < -0.4 is 4.74 Å². The molecule has 0 saturated carbocycles. The molecule has 0 atom stereocenters. The third-order valence-corrected chi connectivity index (χ3v) is 3.59. The van der Waals surface area contributed by atoms with Crippen LogP contribution in [-0.4, -0.2) is 18.4 Å². The van der Waals surface area contributed by atoms with Gasteiger partial charge in [-0.05, 0) is 41.8 Å². The smallest absolute Gasteiger partial charge is 0.335 e. The molecule has 0 fully saturated rings. The van der Waals surface area contributed by atoms with Gasteiger partial charge < -0.3 is 9.47 Å². The Bertz CT molecular complexity index is 826. The summed E-state index contributed by atoms with van der Waals surface area (Å²) in [5.74, 6) is -0.849. The summed E-state index contributed by atoms with van der Waals surface area (Å²) in [6.45, 7) is 8.20. The first kappa shape index (κ1) is 19.1. The minimum absolute atomic E-state index is 0.0300. The minimum atomic E-state index is -0.538. The molecule has 0 bridgehead atoms. The topological polar surface area (TPSA) is 52.6 Å². The molecule has 0 amide bonds. The van der Waals surface area contributed by atoms with Gasteiger partial charge in [-0.1, -0.05) is 37.4 Å². The van der Waals surface area contributed by atoms with E-state index in [1.165, 1.54) is 6.08 Å². The molecule has 134 valence electrons. The van der Waals surface area contributed by atoms with Crippen LogP contribution in [0.25, 0.3) is 5.57 Å². The lowest BCUT2D eigenvalue weighted by Crippen LogP contribution is -2.08. The Kier molecular flexibility index (Phi) is 6.44. The van der Waals surface area contributed by atoms with E-state index in [4.69, 9.17) is 9.47 Å². The first-order valence-electron chi connectivity index (χ1n) is 7.93. The molecule has 0 unspecified atom stereocenters. The highest BCUT2D eigenvalue weighted by Crippen LogP contribution is 2.26. The molecule has 5 heteroatoms. The van der Waals surface area contributed by atoms with Gasteiger partial charge in [0.25, 0.3) is 0 Å². The summed E-state index contributed by atoms with van der Waals surface area (Å²) in [4.78, 5) is 22.7. The van der Waals surface area contributed by atoms with Crippen molar-refractivity contribution < 1.29 is 23.5 Å². The van der Waals surface area contributed by atoms with E-state index in [1.54, 1.807) is 43.3 Å². The van der Waals surface area contributed by atoms with Crippen molar-refractivity contribution in [2.75, 3.05) is 6.61 Å². The second-order valence-corrected chi connectivity index (χ2v) is 5.61. The maximum absolute atomic E-state index is 14.2. The van der Waals surface area contributed by atoms with E-state index in [9.17, 15) is 14.0 Å². The Morgan fingerprint density at radius 1 is 1.23 bits per heavy atom. The summed E-state index contributed by atoms with van der Waals surface area (Å²) in [6.07, 6.45) is 6.04. The summed E-state index contributed by atoms with van der Waals surface area (Å²) in [5.41, 5.74) is 1.97. The Hall–Kier alpha value is -3.21. The largest absolute Gasteiger partial charge is 0.483 e. The first-order chi connectivity index (χ1) is 12.4. The standard InChI is InChI=1S/C21H19FO4/c1-4-21(24)26-17-9-5-15(6-10-17)16-7-11-18(22)20(12-8-16)25-13-19(23)14(2)3/h4-10,12H,1-2,11,13H2,3H3. The summed E-state index contributed by atoms with van der Waals surface area (Å²) in [5, 5.41) is 0. The lowest BCUT2D eigenvalue weighted by molar-refractivity contribution is -0.129. The number of hydrogen-bond donors (Lipinski definition) is 0. The van der Waals surface area contributed by atoms with E-state index in [0.717, 1.165) is 17.2 Å². The average molecular weight is 354 g/mol. The highest BCUT2D eigenvalue weighted by molar-refractivity contribution is 5.95. The molecule has 26 heavy (non-hydrogen) atoms. The van der Waals surface area contributed by atoms with Gasteiger partial charge in [0.2, 0.25) is 0 Å². The summed E-state index contributed by atoms with van der Waals surface area (Å²) < 4.78 is 24.4. The number of allylic oxidation sites excluding steroid dienone is 5. The van der Waals surface area contributed by atoms with E-state index in [0.29, 0.717) is 11.3 Å². The lowest BCUT2D eigenvalue weighted by atomic mass is 10.0. The number of esters is 1. The normalized spacial score (nSPS) is 13.5. The highest BCUT2D eigenvalue weighted by Gasteiger charge is 2.12. The zero-order valence-electron chi connectivity index (χ0n) is 14.5. The molecule has 0 N–H and O–H groups in total. The third kappa shape index (κ3) is 5.14. The molecule has 1 aromatic carbocycles. The molecule has 0 aliphatic heterocycles. The van der Waals surface area contributed by atoms with Crippen LogP contribution in [0.15, 0.2) is 78.9 Å². The lowest BCUT2D eigenvalue weighted by Gasteiger charge is -2.06. The molecule has 0 radical (unpaired) electrons. The van der Waals surface area contributed by atoms with Gasteiger partial charge in [0.15, 0.2) is 18.1 Å². The molecule has 0 aromatic heterocycles. The number of ketones is 1. The van der Waals surface area contributed by atoms with Gasteiger partial charge in [0.05, 0.1) is 0 Å². The van der Waals surface area contributed by atoms with Gasteiger partial charge >= 0.3 is 5.97 Å². The van der Waals surface area contributed by atoms with Crippen LogP contribution in [0.5, 0.6) is 5.75 Å². The monoisotopic (exact) mass is 354 g/mol. The molecular formula is C21H19FO4. The van der Waals surface area contributed by atoms with Gasteiger partial charge in [-0.3, -0.25) is 4.79 Å². The van der Waals surface area contributed by atoms with Gasteiger partial charge in [0, 0.05) is 12.5 Å². The van der Waals surface area contributed by atoms with Crippen molar-refractivity contribution in [1.82, 2.24) is 0 Å². The van der Waals surface area contributed by atoms with Gasteiger partial charge in [-0.25, -0.2) is 9.18 Å². The SMILES string of the molecule is C=CC(=O)Oc1ccc(C2=CCC(F)=C(OCC(=O)C(=C)C)C=C2)cc1. The van der Waals surface area contributed by atoms with Gasteiger partial charge in [-0.15, -0.1) is 0 Å². The Morgan fingerprint density at radius 3 is 2.54 bits per heavy atom. The van der Waals surface area contributed by atoms with Gasteiger partial charge in [-0.2, -0.15) is 0 Å². The molecule has 1 aliphatic rings. The van der Waals surface area contributed by atoms with Crippen LogP contribution in [-0.2, 0) is 14.3 Å².